The first-order valence-electron chi connectivity index (χ1n) is 10.0. The molecule has 33 heavy (non-hydrogen) atoms. The van der Waals surface area contributed by atoms with E-state index in [1.807, 2.05) is 30.3 Å². The van der Waals surface area contributed by atoms with E-state index in [1.165, 1.54) is 11.9 Å². The van der Waals surface area contributed by atoms with E-state index in [4.69, 9.17) is 39.8 Å². The van der Waals surface area contributed by atoms with Gasteiger partial charge in [0, 0.05) is 25.1 Å². The van der Waals surface area contributed by atoms with Crippen LogP contribution in [0.15, 0.2) is 70.8 Å². The molecular weight excluding hydrogens is 481 g/mol. The first-order chi connectivity index (χ1) is 15.9. The van der Waals surface area contributed by atoms with Crippen molar-refractivity contribution in [2.45, 2.75) is 12.5 Å². The summed E-state index contributed by atoms with van der Waals surface area (Å²) in [6, 6.07) is 17.3. The maximum atomic E-state index is 13.2. The van der Waals surface area contributed by atoms with Crippen molar-refractivity contribution in [2.75, 3.05) is 7.05 Å². The molecule has 0 spiro atoms. The molecular formula is C24H19Cl2N3O3S. The minimum atomic E-state index is -0.792. The number of carbonyl (C=O) groups is 2. The zero-order chi connectivity index (χ0) is 23.5. The van der Waals surface area contributed by atoms with Gasteiger partial charge in [-0.15, -0.1) is 0 Å². The van der Waals surface area contributed by atoms with Crippen LogP contribution >= 0.6 is 35.4 Å². The fourth-order valence-corrected chi connectivity index (χ4v) is 4.13. The van der Waals surface area contributed by atoms with Crippen molar-refractivity contribution in [3.05, 3.63) is 87.7 Å². The Balaban J connectivity index is 1.58. The number of rotatable bonds is 6. The van der Waals surface area contributed by atoms with Gasteiger partial charge >= 0.3 is 0 Å². The van der Waals surface area contributed by atoms with Crippen molar-refractivity contribution < 1.29 is 14.0 Å². The van der Waals surface area contributed by atoms with Crippen molar-refractivity contribution in [3.63, 3.8) is 0 Å². The summed E-state index contributed by atoms with van der Waals surface area (Å²) in [7, 11) is 1.53. The van der Waals surface area contributed by atoms with Crippen LogP contribution in [0, 0.1) is 0 Å². The lowest BCUT2D eigenvalue weighted by atomic mass is 10.0. The second kappa shape index (κ2) is 9.79. The van der Waals surface area contributed by atoms with Crippen LogP contribution in [0.4, 0.5) is 0 Å². The Kier molecular flexibility index (Phi) is 6.83. The smallest absolute Gasteiger partial charge is 0.277 e. The van der Waals surface area contributed by atoms with Crippen LogP contribution in [0.25, 0.3) is 17.4 Å². The number of likely N-dealkylation sites (N-methyl/N-ethyl adjacent to an activating group) is 1. The third-order valence-electron chi connectivity index (χ3n) is 5.16. The van der Waals surface area contributed by atoms with E-state index in [9.17, 15) is 9.59 Å². The van der Waals surface area contributed by atoms with E-state index >= 15 is 0 Å². The number of nitrogens with zero attached hydrogens (tertiary/aromatic N) is 1. The lowest BCUT2D eigenvalue weighted by molar-refractivity contribution is -0.132. The Labute approximate surface area is 206 Å². The molecule has 1 unspecified atom stereocenters. The first kappa shape index (κ1) is 23.0. The van der Waals surface area contributed by atoms with E-state index in [-0.39, 0.29) is 16.7 Å². The summed E-state index contributed by atoms with van der Waals surface area (Å²) in [5, 5.41) is 6.55. The number of benzene rings is 2. The third-order valence-corrected chi connectivity index (χ3v) is 6.20. The van der Waals surface area contributed by atoms with Gasteiger partial charge in [-0.05, 0) is 48.1 Å². The highest BCUT2D eigenvalue weighted by Gasteiger charge is 2.39. The number of nitrogens with one attached hydrogen (secondary N) is 2. The molecule has 1 fully saturated rings. The molecule has 9 heteroatoms. The lowest BCUT2D eigenvalue weighted by Gasteiger charge is -2.25. The molecule has 168 valence electrons. The number of carbonyl (C=O) groups excluding carboxylic acids is 2. The topological polar surface area (TPSA) is 74.6 Å². The maximum Gasteiger partial charge on any atom is 0.277 e. The molecule has 6 nitrogen and oxygen atoms in total. The molecule has 1 aliphatic heterocycles. The van der Waals surface area contributed by atoms with E-state index in [1.54, 1.807) is 36.4 Å². The van der Waals surface area contributed by atoms with Crippen molar-refractivity contribution in [1.29, 1.82) is 0 Å². The quantitative estimate of drug-likeness (QED) is 0.380. The molecule has 2 amide bonds. The van der Waals surface area contributed by atoms with Gasteiger partial charge in [-0.3, -0.25) is 14.5 Å². The van der Waals surface area contributed by atoms with Crippen LogP contribution in [0.1, 0.15) is 11.3 Å². The summed E-state index contributed by atoms with van der Waals surface area (Å²) in [5.41, 5.74) is 1.88. The molecule has 1 aromatic heterocycles. The van der Waals surface area contributed by atoms with Crippen molar-refractivity contribution in [3.8, 4) is 11.3 Å². The second-order valence-electron chi connectivity index (χ2n) is 7.31. The highest BCUT2D eigenvalue weighted by Crippen LogP contribution is 2.30. The van der Waals surface area contributed by atoms with Crippen LogP contribution in [-0.2, 0) is 16.0 Å². The molecule has 3 aromatic rings. The maximum absolute atomic E-state index is 13.2. The number of hydrogen-bond acceptors (Lipinski definition) is 4. The summed E-state index contributed by atoms with van der Waals surface area (Å²) in [5.74, 6) is 0.295. The van der Waals surface area contributed by atoms with Crippen LogP contribution in [0.3, 0.4) is 0 Å². The van der Waals surface area contributed by atoms with Crippen molar-refractivity contribution >= 4 is 58.4 Å². The zero-order valence-electron chi connectivity index (χ0n) is 17.5. The number of hydrogen-bond donors (Lipinski definition) is 2. The summed E-state index contributed by atoms with van der Waals surface area (Å²) < 4.78 is 5.86. The largest absolute Gasteiger partial charge is 0.457 e. The average Bonchev–Trinajstić information content (AvgIpc) is 3.38. The molecule has 0 aliphatic carbocycles. The highest BCUT2D eigenvalue weighted by molar-refractivity contribution is 7.80. The predicted octanol–water partition coefficient (Wildman–Crippen LogP) is 4.67. The van der Waals surface area contributed by atoms with Gasteiger partial charge in [-0.25, -0.2) is 0 Å². The number of furan rings is 1. The predicted molar refractivity (Wildman–Crippen MR) is 133 cm³/mol. The highest BCUT2D eigenvalue weighted by atomic mass is 35.5. The minimum absolute atomic E-state index is 0.159. The van der Waals surface area contributed by atoms with Gasteiger partial charge in [0.05, 0.1) is 10.0 Å². The van der Waals surface area contributed by atoms with Gasteiger partial charge in [0.25, 0.3) is 5.91 Å². The molecule has 2 aromatic carbocycles. The van der Waals surface area contributed by atoms with Gasteiger partial charge in [-0.1, -0.05) is 53.5 Å². The van der Waals surface area contributed by atoms with Gasteiger partial charge in [0.1, 0.15) is 23.3 Å². The molecule has 1 aliphatic rings. The summed E-state index contributed by atoms with van der Waals surface area (Å²) in [6.45, 7) is 0. The fourth-order valence-electron chi connectivity index (χ4n) is 3.51. The van der Waals surface area contributed by atoms with Crippen LogP contribution in [0.2, 0.25) is 10.0 Å². The van der Waals surface area contributed by atoms with Crippen LogP contribution in [-0.4, -0.2) is 34.9 Å². The summed E-state index contributed by atoms with van der Waals surface area (Å²) in [6.07, 6.45) is 1.88. The Morgan fingerprint density at radius 1 is 1.15 bits per heavy atom. The van der Waals surface area contributed by atoms with E-state index in [0.717, 1.165) is 11.1 Å². The van der Waals surface area contributed by atoms with Gasteiger partial charge in [0.2, 0.25) is 5.91 Å². The SMILES string of the molecule is CNC(=O)C(Cc1ccccc1)N1C(=O)/C(=C\c2ccc(-c3ccc(Cl)c(Cl)c3)o2)NC1=S. The van der Waals surface area contributed by atoms with Gasteiger partial charge in [0.15, 0.2) is 5.11 Å². The molecule has 0 radical (unpaired) electrons. The third kappa shape index (κ3) is 4.95. The molecule has 0 saturated carbocycles. The van der Waals surface area contributed by atoms with E-state index in [2.05, 4.69) is 10.6 Å². The van der Waals surface area contributed by atoms with Gasteiger partial charge in [-0.2, -0.15) is 0 Å². The van der Waals surface area contributed by atoms with Gasteiger partial charge < -0.3 is 15.1 Å². The van der Waals surface area contributed by atoms with Crippen LogP contribution in [0.5, 0.6) is 0 Å². The lowest BCUT2D eigenvalue weighted by Crippen LogP contribution is -2.50. The average molecular weight is 500 g/mol. The Hall–Kier alpha value is -3.13. The number of thiocarbonyl (C=S) groups is 1. The molecule has 2 N–H and O–H groups in total. The standard InChI is InChI=1S/C24H19Cl2N3O3S/c1-27-22(30)20(11-14-5-3-2-4-6-14)29-23(31)19(28-24(29)33)13-16-8-10-21(32-16)15-7-9-17(25)18(26)12-15/h2-10,12-13,20H,11H2,1H3,(H,27,30)(H,28,33)/b19-13+. The summed E-state index contributed by atoms with van der Waals surface area (Å²) in [4.78, 5) is 27.1. The number of amides is 2. The minimum Gasteiger partial charge on any atom is -0.457 e. The molecule has 0 bridgehead atoms. The van der Waals surface area contributed by atoms with Crippen molar-refractivity contribution in [1.82, 2.24) is 15.5 Å². The van der Waals surface area contributed by atoms with Crippen LogP contribution < -0.4 is 10.6 Å². The molecule has 4 rings (SSSR count). The molecule has 1 saturated heterocycles. The number of halogens is 2. The van der Waals surface area contributed by atoms with Crippen molar-refractivity contribution in [2.24, 2.45) is 0 Å². The normalized spacial score (nSPS) is 15.6. The Bertz CT molecular complexity index is 1260. The summed E-state index contributed by atoms with van der Waals surface area (Å²) >= 11 is 17.5. The molecule has 2 heterocycles. The first-order valence-corrected chi connectivity index (χ1v) is 11.2. The monoisotopic (exact) mass is 499 g/mol. The fraction of sp³-hybridized carbons (Fsp3) is 0.125. The Morgan fingerprint density at radius 2 is 1.91 bits per heavy atom. The zero-order valence-corrected chi connectivity index (χ0v) is 19.8. The van der Waals surface area contributed by atoms with E-state index < -0.39 is 11.9 Å². The van der Waals surface area contributed by atoms with E-state index in [0.29, 0.717) is 28.0 Å². The molecule has 1 atom stereocenters. The Morgan fingerprint density at radius 3 is 2.61 bits per heavy atom. The second-order valence-corrected chi connectivity index (χ2v) is 8.52.